The van der Waals surface area contributed by atoms with Crippen LogP contribution in [0.25, 0.3) is 0 Å². The van der Waals surface area contributed by atoms with Gasteiger partial charge in [-0.05, 0) is 42.4 Å². The van der Waals surface area contributed by atoms with E-state index in [1.54, 1.807) is 17.0 Å². The average Bonchev–Trinajstić information content (AvgIpc) is 2.98. The quantitative estimate of drug-likeness (QED) is 0.854. The minimum Gasteiger partial charge on any atom is -0.465 e. The first-order valence-corrected chi connectivity index (χ1v) is 5.89. The summed E-state index contributed by atoms with van der Waals surface area (Å²) in [5.41, 5.74) is 1.01. The lowest BCUT2D eigenvalue weighted by Crippen LogP contribution is -2.38. The van der Waals surface area contributed by atoms with Crippen LogP contribution in [0.15, 0.2) is 24.3 Å². The number of rotatable bonds is 2. The highest BCUT2D eigenvalue weighted by atomic mass is 19.1. The molecule has 4 heteroatoms. The van der Waals surface area contributed by atoms with E-state index in [1.807, 2.05) is 0 Å². The van der Waals surface area contributed by atoms with Crippen LogP contribution >= 0.6 is 0 Å². The minimum atomic E-state index is -0.829. The van der Waals surface area contributed by atoms with E-state index in [-0.39, 0.29) is 11.9 Å². The smallest absolute Gasteiger partial charge is 0.407 e. The first-order valence-electron chi connectivity index (χ1n) is 5.89. The Morgan fingerprint density at radius 3 is 2.76 bits per heavy atom. The summed E-state index contributed by atoms with van der Waals surface area (Å²) in [6.45, 7) is 0.672. The lowest BCUT2D eigenvalue weighted by molar-refractivity contribution is 0.131. The third-order valence-corrected chi connectivity index (χ3v) is 3.91. The lowest BCUT2D eigenvalue weighted by atomic mass is 10.0. The van der Waals surface area contributed by atoms with Gasteiger partial charge in [0.15, 0.2) is 0 Å². The Kier molecular flexibility index (Phi) is 2.31. The molecule has 1 aromatic carbocycles. The SMILES string of the molecule is O=C(O)N1C[C@H]2C[C@H]2[C@@H]1Cc1ccc(F)cc1. The summed E-state index contributed by atoms with van der Waals surface area (Å²) < 4.78 is 12.8. The van der Waals surface area contributed by atoms with Crippen LogP contribution in [0.4, 0.5) is 9.18 Å². The molecule has 1 saturated heterocycles. The van der Waals surface area contributed by atoms with E-state index in [4.69, 9.17) is 5.11 Å². The second-order valence-electron chi connectivity index (χ2n) is 4.99. The van der Waals surface area contributed by atoms with Gasteiger partial charge in [0, 0.05) is 12.6 Å². The van der Waals surface area contributed by atoms with E-state index in [0.717, 1.165) is 12.0 Å². The zero-order chi connectivity index (χ0) is 12.0. The van der Waals surface area contributed by atoms with Crippen molar-refractivity contribution in [3.8, 4) is 0 Å². The first kappa shape index (κ1) is 10.6. The number of piperidine rings is 1. The van der Waals surface area contributed by atoms with Gasteiger partial charge in [0.05, 0.1) is 0 Å². The maximum Gasteiger partial charge on any atom is 0.407 e. The Labute approximate surface area is 98.9 Å². The molecule has 1 aliphatic carbocycles. The molecule has 1 N–H and O–H groups in total. The standard InChI is InChI=1S/C13H14FNO2/c14-10-3-1-8(2-4-10)5-12-11-6-9(11)7-15(12)13(16)17/h1-4,9,11-12H,5-7H2,(H,16,17)/t9-,11-,12+/m1/s1. The molecule has 0 spiro atoms. The molecule has 3 rings (SSSR count). The van der Waals surface area contributed by atoms with Crippen LogP contribution in [0.2, 0.25) is 0 Å². The molecule has 0 bridgehead atoms. The average molecular weight is 235 g/mol. The number of amides is 1. The van der Waals surface area contributed by atoms with Gasteiger partial charge in [-0.1, -0.05) is 12.1 Å². The molecule has 0 radical (unpaired) electrons. The van der Waals surface area contributed by atoms with Crippen molar-refractivity contribution in [3.63, 3.8) is 0 Å². The Hall–Kier alpha value is -1.58. The lowest BCUT2D eigenvalue weighted by Gasteiger charge is -2.24. The number of carboxylic acid groups (broad SMARTS) is 1. The molecule has 17 heavy (non-hydrogen) atoms. The zero-order valence-electron chi connectivity index (χ0n) is 9.34. The number of carbonyl (C=O) groups is 1. The van der Waals surface area contributed by atoms with Crippen molar-refractivity contribution in [2.75, 3.05) is 6.54 Å². The van der Waals surface area contributed by atoms with Crippen LogP contribution < -0.4 is 0 Å². The monoisotopic (exact) mass is 235 g/mol. The number of likely N-dealkylation sites (tertiary alicyclic amines) is 1. The molecule has 1 heterocycles. The third kappa shape index (κ3) is 1.88. The van der Waals surface area contributed by atoms with E-state index in [2.05, 4.69) is 0 Å². The molecule has 2 aliphatic rings. The normalized spacial score (nSPS) is 30.2. The molecule has 0 unspecified atom stereocenters. The fourth-order valence-electron chi connectivity index (χ4n) is 2.91. The summed E-state index contributed by atoms with van der Waals surface area (Å²) in [6.07, 6.45) is 1.02. The van der Waals surface area contributed by atoms with Crippen molar-refractivity contribution in [3.05, 3.63) is 35.6 Å². The Morgan fingerprint density at radius 1 is 1.41 bits per heavy atom. The molecule has 1 saturated carbocycles. The number of benzene rings is 1. The summed E-state index contributed by atoms with van der Waals surface area (Å²) >= 11 is 0. The van der Waals surface area contributed by atoms with Crippen molar-refractivity contribution in [1.29, 1.82) is 0 Å². The fourth-order valence-corrected chi connectivity index (χ4v) is 2.91. The van der Waals surface area contributed by atoms with Crippen molar-refractivity contribution >= 4 is 6.09 Å². The van der Waals surface area contributed by atoms with Gasteiger partial charge < -0.3 is 10.0 Å². The second-order valence-corrected chi connectivity index (χ2v) is 4.99. The van der Waals surface area contributed by atoms with Crippen LogP contribution in [-0.4, -0.2) is 28.7 Å². The molecule has 2 fully saturated rings. The zero-order valence-corrected chi connectivity index (χ0v) is 9.34. The molecule has 3 atom stereocenters. The van der Waals surface area contributed by atoms with E-state index < -0.39 is 6.09 Å². The molecule has 1 aliphatic heterocycles. The van der Waals surface area contributed by atoms with Crippen molar-refractivity contribution in [1.82, 2.24) is 4.90 Å². The van der Waals surface area contributed by atoms with Crippen LogP contribution in [-0.2, 0) is 6.42 Å². The molecule has 1 aromatic rings. The Balaban J connectivity index is 1.75. The third-order valence-electron chi connectivity index (χ3n) is 3.91. The van der Waals surface area contributed by atoms with Gasteiger partial charge in [0.2, 0.25) is 0 Å². The summed E-state index contributed by atoms with van der Waals surface area (Å²) in [7, 11) is 0. The van der Waals surface area contributed by atoms with Crippen molar-refractivity contribution < 1.29 is 14.3 Å². The molecule has 90 valence electrons. The molecule has 0 aromatic heterocycles. The molecular formula is C13H14FNO2. The van der Waals surface area contributed by atoms with Crippen molar-refractivity contribution in [2.45, 2.75) is 18.9 Å². The summed E-state index contributed by atoms with van der Waals surface area (Å²) in [4.78, 5) is 12.6. The molecule has 1 amide bonds. The van der Waals surface area contributed by atoms with Gasteiger partial charge >= 0.3 is 6.09 Å². The summed E-state index contributed by atoms with van der Waals surface area (Å²) in [6, 6.07) is 6.43. The largest absolute Gasteiger partial charge is 0.465 e. The van der Waals surface area contributed by atoms with E-state index >= 15 is 0 Å². The van der Waals surface area contributed by atoms with Gasteiger partial charge in [0.25, 0.3) is 0 Å². The van der Waals surface area contributed by atoms with Crippen LogP contribution in [0, 0.1) is 17.7 Å². The minimum absolute atomic E-state index is 0.0861. The van der Waals surface area contributed by atoms with Crippen LogP contribution in [0.3, 0.4) is 0 Å². The molecular weight excluding hydrogens is 221 g/mol. The second kappa shape index (κ2) is 3.72. The predicted octanol–water partition coefficient (Wildman–Crippen LogP) is 2.37. The number of hydrogen-bond donors (Lipinski definition) is 1. The van der Waals surface area contributed by atoms with Gasteiger partial charge in [-0.2, -0.15) is 0 Å². The van der Waals surface area contributed by atoms with Gasteiger partial charge in [-0.15, -0.1) is 0 Å². The number of hydrogen-bond acceptors (Lipinski definition) is 1. The van der Waals surface area contributed by atoms with Crippen molar-refractivity contribution in [2.24, 2.45) is 11.8 Å². The van der Waals surface area contributed by atoms with Crippen LogP contribution in [0.5, 0.6) is 0 Å². The number of fused-ring (bicyclic) bond motifs is 1. The van der Waals surface area contributed by atoms with E-state index in [0.29, 0.717) is 24.8 Å². The highest BCUT2D eigenvalue weighted by Crippen LogP contribution is 2.50. The highest BCUT2D eigenvalue weighted by Gasteiger charge is 2.53. The Bertz CT molecular complexity index is 445. The number of nitrogens with zero attached hydrogens (tertiary/aromatic N) is 1. The van der Waals surface area contributed by atoms with Crippen LogP contribution in [0.1, 0.15) is 12.0 Å². The fraction of sp³-hybridized carbons (Fsp3) is 0.462. The van der Waals surface area contributed by atoms with Gasteiger partial charge in [-0.3, -0.25) is 0 Å². The summed E-state index contributed by atoms with van der Waals surface area (Å²) in [5, 5.41) is 9.11. The molecule has 3 nitrogen and oxygen atoms in total. The van der Waals surface area contributed by atoms with Gasteiger partial charge in [0.1, 0.15) is 5.82 Å². The maximum atomic E-state index is 12.8. The van der Waals surface area contributed by atoms with Gasteiger partial charge in [-0.25, -0.2) is 9.18 Å². The topological polar surface area (TPSA) is 40.5 Å². The predicted molar refractivity (Wildman–Crippen MR) is 60.2 cm³/mol. The first-order chi connectivity index (χ1) is 8.15. The maximum absolute atomic E-state index is 12.8. The highest BCUT2D eigenvalue weighted by molar-refractivity contribution is 5.66. The van der Waals surface area contributed by atoms with E-state index in [9.17, 15) is 9.18 Å². The number of halogens is 1. The van der Waals surface area contributed by atoms with E-state index in [1.165, 1.54) is 12.1 Å². The Morgan fingerprint density at radius 2 is 2.12 bits per heavy atom. The summed E-state index contributed by atoms with van der Waals surface area (Å²) in [5.74, 6) is 0.840.